The van der Waals surface area contributed by atoms with Gasteiger partial charge in [0.2, 0.25) is 0 Å². The van der Waals surface area contributed by atoms with Crippen molar-refractivity contribution < 1.29 is 13.2 Å². The molecular formula is C27H29N5O3S. The van der Waals surface area contributed by atoms with Crippen LogP contribution in [-0.2, 0) is 10.0 Å². The van der Waals surface area contributed by atoms with E-state index in [1.165, 1.54) is 5.56 Å². The highest BCUT2D eigenvalue weighted by molar-refractivity contribution is 7.92. The van der Waals surface area contributed by atoms with Gasteiger partial charge >= 0.3 is 0 Å². The van der Waals surface area contributed by atoms with Crippen molar-refractivity contribution in [3.8, 4) is 5.75 Å². The van der Waals surface area contributed by atoms with Gasteiger partial charge in [-0.25, -0.2) is 18.4 Å². The number of rotatable bonds is 8. The van der Waals surface area contributed by atoms with Gasteiger partial charge in [-0.3, -0.25) is 4.72 Å². The third kappa shape index (κ3) is 5.75. The molecule has 0 saturated carbocycles. The van der Waals surface area contributed by atoms with Gasteiger partial charge in [-0.15, -0.1) is 0 Å². The van der Waals surface area contributed by atoms with Crippen LogP contribution in [0, 0.1) is 27.7 Å². The van der Waals surface area contributed by atoms with Gasteiger partial charge in [0.25, 0.3) is 10.0 Å². The predicted molar refractivity (Wildman–Crippen MR) is 144 cm³/mol. The van der Waals surface area contributed by atoms with E-state index in [4.69, 9.17) is 4.74 Å². The number of nitrogens with zero attached hydrogens (tertiary/aromatic N) is 2. The molecule has 3 aromatic carbocycles. The molecule has 0 spiro atoms. The minimum absolute atomic E-state index is 0.216. The SMILES string of the molecule is COc1ccc(S(=O)(=O)Nc2ccc(Nc3cc(Nc4ccc(C)cc4)nc(C)n3)cc2)c(C)c1C. The van der Waals surface area contributed by atoms with E-state index >= 15 is 0 Å². The molecule has 186 valence electrons. The summed E-state index contributed by atoms with van der Waals surface area (Å²) >= 11 is 0. The second-order valence-electron chi connectivity index (χ2n) is 8.50. The van der Waals surface area contributed by atoms with Crippen LogP contribution in [0.4, 0.5) is 28.7 Å². The van der Waals surface area contributed by atoms with Crippen LogP contribution >= 0.6 is 0 Å². The molecule has 0 bridgehead atoms. The minimum atomic E-state index is -3.76. The highest BCUT2D eigenvalue weighted by atomic mass is 32.2. The first-order valence-corrected chi connectivity index (χ1v) is 12.9. The molecule has 0 amide bonds. The number of aromatic nitrogens is 2. The lowest BCUT2D eigenvalue weighted by Crippen LogP contribution is -2.15. The van der Waals surface area contributed by atoms with Gasteiger partial charge in [-0.1, -0.05) is 17.7 Å². The molecule has 1 aromatic heterocycles. The van der Waals surface area contributed by atoms with Crippen molar-refractivity contribution in [1.82, 2.24) is 9.97 Å². The Bertz CT molecular complexity index is 1490. The van der Waals surface area contributed by atoms with Gasteiger partial charge in [0.05, 0.1) is 12.0 Å². The first-order valence-electron chi connectivity index (χ1n) is 11.4. The number of hydrogen-bond acceptors (Lipinski definition) is 7. The van der Waals surface area contributed by atoms with Crippen LogP contribution in [-0.4, -0.2) is 25.5 Å². The molecule has 0 aliphatic rings. The van der Waals surface area contributed by atoms with Crippen molar-refractivity contribution in [3.63, 3.8) is 0 Å². The standard InChI is InChI=1S/C27H29N5O3S/c1-17-6-8-21(9-7-17)30-26-16-27(29-20(4)28-26)31-22-10-12-23(13-11-22)32-36(33,34)25-15-14-24(35-5)18(2)19(25)3/h6-16,32H,1-5H3,(H2,28,29,30,31). The molecule has 0 unspecified atom stereocenters. The first kappa shape index (κ1) is 25.0. The second-order valence-corrected chi connectivity index (χ2v) is 10.2. The van der Waals surface area contributed by atoms with Crippen molar-refractivity contribution in [2.75, 3.05) is 22.5 Å². The van der Waals surface area contributed by atoms with Crippen LogP contribution in [0.2, 0.25) is 0 Å². The van der Waals surface area contributed by atoms with E-state index in [2.05, 4.69) is 25.3 Å². The van der Waals surface area contributed by atoms with Crippen molar-refractivity contribution in [1.29, 1.82) is 0 Å². The molecule has 3 N–H and O–H groups in total. The lowest BCUT2D eigenvalue weighted by molar-refractivity contribution is 0.411. The van der Waals surface area contributed by atoms with E-state index in [0.29, 0.717) is 34.5 Å². The summed E-state index contributed by atoms with van der Waals surface area (Å²) < 4.78 is 33.9. The molecule has 0 radical (unpaired) electrons. The lowest BCUT2D eigenvalue weighted by Gasteiger charge is -2.15. The molecule has 36 heavy (non-hydrogen) atoms. The van der Waals surface area contributed by atoms with E-state index in [1.54, 1.807) is 50.4 Å². The summed E-state index contributed by atoms with van der Waals surface area (Å²) in [6.45, 7) is 7.47. The fraction of sp³-hybridized carbons (Fsp3) is 0.185. The van der Waals surface area contributed by atoms with Gasteiger partial charge in [0.15, 0.2) is 0 Å². The maximum absolute atomic E-state index is 13.0. The van der Waals surface area contributed by atoms with Crippen LogP contribution in [0.15, 0.2) is 71.6 Å². The maximum Gasteiger partial charge on any atom is 0.262 e. The summed E-state index contributed by atoms with van der Waals surface area (Å²) in [7, 11) is -2.20. The molecule has 9 heteroatoms. The number of anilines is 5. The van der Waals surface area contributed by atoms with Crippen LogP contribution in [0.3, 0.4) is 0 Å². The van der Waals surface area contributed by atoms with Crippen molar-refractivity contribution in [2.45, 2.75) is 32.6 Å². The lowest BCUT2D eigenvalue weighted by atomic mass is 10.1. The normalized spacial score (nSPS) is 11.1. The molecule has 4 rings (SSSR count). The molecule has 0 aliphatic carbocycles. The summed E-state index contributed by atoms with van der Waals surface area (Å²) in [5.41, 5.74) is 4.76. The van der Waals surface area contributed by atoms with Crippen LogP contribution in [0.5, 0.6) is 5.75 Å². The predicted octanol–water partition coefficient (Wildman–Crippen LogP) is 6.01. The third-order valence-electron chi connectivity index (χ3n) is 5.77. The molecule has 1 heterocycles. The van der Waals surface area contributed by atoms with Gasteiger partial charge in [-0.2, -0.15) is 0 Å². The van der Waals surface area contributed by atoms with E-state index in [1.807, 2.05) is 51.1 Å². The zero-order valence-corrected chi connectivity index (χ0v) is 21.7. The Hall–Kier alpha value is -4.11. The molecule has 0 atom stereocenters. The van der Waals surface area contributed by atoms with E-state index in [0.717, 1.165) is 16.9 Å². The summed E-state index contributed by atoms with van der Waals surface area (Å²) in [5, 5.41) is 6.54. The summed E-state index contributed by atoms with van der Waals surface area (Å²) in [4.78, 5) is 9.12. The smallest absolute Gasteiger partial charge is 0.262 e. The Kier molecular flexibility index (Phi) is 7.12. The molecular weight excluding hydrogens is 474 g/mol. The zero-order chi connectivity index (χ0) is 25.9. The molecule has 0 saturated heterocycles. The number of methoxy groups -OCH3 is 1. The Balaban J connectivity index is 1.48. The average Bonchev–Trinajstić information content (AvgIpc) is 2.83. The number of aryl methyl sites for hydroxylation is 2. The summed E-state index contributed by atoms with van der Waals surface area (Å²) in [6.07, 6.45) is 0. The monoisotopic (exact) mass is 503 g/mol. The van der Waals surface area contributed by atoms with Crippen LogP contribution in [0.25, 0.3) is 0 Å². The molecule has 8 nitrogen and oxygen atoms in total. The van der Waals surface area contributed by atoms with Crippen molar-refractivity contribution in [2.24, 2.45) is 0 Å². The quantitative estimate of drug-likeness (QED) is 0.270. The Morgan fingerprint density at radius 2 is 1.22 bits per heavy atom. The highest BCUT2D eigenvalue weighted by Crippen LogP contribution is 2.29. The number of ether oxygens (including phenoxy) is 1. The number of sulfonamides is 1. The second kappa shape index (κ2) is 10.2. The van der Waals surface area contributed by atoms with Crippen LogP contribution in [0.1, 0.15) is 22.5 Å². The maximum atomic E-state index is 13.0. The number of nitrogens with one attached hydrogen (secondary N) is 3. The largest absolute Gasteiger partial charge is 0.496 e. The van der Waals surface area contributed by atoms with E-state index in [-0.39, 0.29) is 4.90 Å². The molecule has 0 aliphatic heterocycles. The fourth-order valence-electron chi connectivity index (χ4n) is 3.74. The summed E-state index contributed by atoms with van der Waals surface area (Å²) in [6, 6.07) is 20.1. The number of benzene rings is 3. The van der Waals surface area contributed by atoms with Crippen molar-refractivity contribution >= 4 is 38.7 Å². The van der Waals surface area contributed by atoms with Gasteiger partial charge in [-0.05, 0) is 87.4 Å². The Morgan fingerprint density at radius 1 is 0.694 bits per heavy atom. The Labute approximate surface area is 211 Å². The van der Waals surface area contributed by atoms with E-state index in [9.17, 15) is 8.42 Å². The van der Waals surface area contributed by atoms with Crippen molar-refractivity contribution in [3.05, 3.63) is 89.2 Å². The molecule has 4 aromatic rings. The minimum Gasteiger partial charge on any atom is -0.496 e. The van der Waals surface area contributed by atoms with Gasteiger partial charge < -0.3 is 15.4 Å². The fourth-order valence-corrected chi connectivity index (χ4v) is 5.10. The third-order valence-corrected chi connectivity index (χ3v) is 7.29. The average molecular weight is 504 g/mol. The van der Waals surface area contributed by atoms with Gasteiger partial charge in [0, 0.05) is 23.1 Å². The first-order chi connectivity index (χ1) is 17.1. The topological polar surface area (TPSA) is 105 Å². The van der Waals surface area contributed by atoms with E-state index < -0.39 is 10.0 Å². The Morgan fingerprint density at radius 3 is 1.78 bits per heavy atom. The molecule has 0 fully saturated rings. The zero-order valence-electron chi connectivity index (χ0n) is 20.9. The summed E-state index contributed by atoms with van der Waals surface area (Å²) in [5.74, 6) is 2.56. The van der Waals surface area contributed by atoms with Gasteiger partial charge in [0.1, 0.15) is 23.2 Å². The van der Waals surface area contributed by atoms with Crippen LogP contribution < -0.4 is 20.1 Å². The number of hydrogen-bond donors (Lipinski definition) is 3. The highest BCUT2D eigenvalue weighted by Gasteiger charge is 2.19.